The van der Waals surface area contributed by atoms with Crippen molar-refractivity contribution in [2.75, 3.05) is 6.54 Å². The maximum atomic E-state index is 3.49. The molecule has 0 heterocycles. The molecule has 0 saturated carbocycles. The summed E-state index contributed by atoms with van der Waals surface area (Å²) in [6.45, 7) is 2.78. The molecule has 0 atom stereocenters. The van der Waals surface area contributed by atoms with E-state index in [2.05, 4.69) is 12.4 Å². The molecule has 1 heteroatoms. The Kier molecular flexibility index (Phi) is 2.93. The lowest BCUT2D eigenvalue weighted by Gasteiger charge is -1.85. The second-order valence-electron chi connectivity index (χ2n) is 0.540. The zero-order valence-corrected chi connectivity index (χ0v) is 2.86. The minimum absolute atomic E-state index is 0.833. The van der Waals surface area contributed by atoms with Gasteiger partial charge in [0.1, 0.15) is 0 Å². The van der Waals surface area contributed by atoms with E-state index in [1.807, 2.05) is 6.92 Å². The molecule has 0 unspecified atom stereocenters. The van der Waals surface area contributed by atoms with Gasteiger partial charge in [-0.2, -0.15) is 0 Å². The second kappa shape index (κ2) is 2.96. The van der Waals surface area contributed by atoms with Crippen molar-refractivity contribution >= 4 is 0 Å². The molecule has 0 aliphatic carbocycles. The summed E-state index contributed by atoms with van der Waals surface area (Å²) >= 11 is 0. The summed E-state index contributed by atoms with van der Waals surface area (Å²) in [6, 6.07) is 0. The van der Waals surface area contributed by atoms with Gasteiger partial charge in [-0.1, -0.05) is 6.92 Å². The molecule has 0 aromatic heterocycles. The van der Waals surface area contributed by atoms with E-state index < -0.39 is 0 Å². The molecule has 1 nitrogen and oxygen atoms in total. The first-order chi connectivity index (χ1) is 1.91. The average Bonchev–Trinajstić information content (AvgIpc) is 1.37. The van der Waals surface area contributed by atoms with Gasteiger partial charge in [0.05, 0.1) is 0 Å². The molecule has 0 spiro atoms. The van der Waals surface area contributed by atoms with Gasteiger partial charge in [-0.05, 0) is 6.54 Å². The molecule has 0 aromatic rings. The Hall–Kier alpha value is -0.0400. The Morgan fingerprint density at radius 2 is 2.25 bits per heavy atom. The van der Waals surface area contributed by atoms with E-state index in [9.17, 15) is 0 Å². The van der Waals surface area contributed by atoms with Gasteiger partial charge in [-0.25, -0.2) is 0 Å². The summed E-state index contributed by atoms with van der Waals surface area (Å²) in [5, 5.41) is 3.49. The van der Waals surface area contributed by atoms with Crippen LogP contribution in [-0.4, -0.2) is 6.54 Å². The molecule has 0 aliphatic rings. The molecule has 4 heavy (non-hydrogen) atoms. The molecular weight excluding hydrogens is 50.0 g/mol. The van der Waals surface area contributed by atoms with Crippen LogP contribution in [0.15, 0.2) is 0 Å². The number of hydrogen-bond donors (Lipinski definition) is 0. The first-order valence-corrected chi connectivity index (χ1v) is 1.34. The SMILES string of the molecule is [CH2-][N]CC. The van der Waals surface area contributed by atoms with Crippen LogP contribution in [0.2, 0.25) is 0 Å². The Morgan fingerprint density at radius 1 is 2.00 bits per heavy atom. The molecule has 1 radical (unpaired) electrons. The monoisotopic (exact) mass is 57.1 g/mol. The van der Waals surface area contributed by atoms with Crippen LogP contribution in [0.25, 0.3) is 0 Å². The third-order valence-corrected chi connectivity index (χ3v) is 0.224. The zero-order valence-electron chi connectivity index (χ0n) is 2.86. The fourth-order valence-electron chi connectivity index (χ4n) is 0. The number of rotatable bonds is 1. The van der Waals surface area contributed by atoms with Crippen LogP contribution >= 0.6 is 0 Å². The van der Waals surface area contributed by atoms with Crippen LogP contribution in [0, 0.1) is 7.05 Å². The predicted octanol–water partition coefficient (Wildman–Crippen LogP) is 0.402. The van der Waals surface area contributed by atoms with E-state index in [0.29, 0.717) is 0 Å². The largest absolute Gasteiger partial charge is 0.425 e. The van der Waals surface area contributed by atoms with Crippen LogP contribution in [0.3, 0.4) is 0 Å². The van der Waals surface area contributed by atoms with E-state index in [1.165, 1.54) is 0 Å². The smallest absolute Gasteiger partial charge is 0.0233 e. The molecule has 0 aliphatic heterocycles. The predicted molar refractivity (Wildman–Crippen MR) is 18.0 cm³/mol. The quantitative estimate of drug-likeness (QED) is 0.387. The van der Waals surface area contributed by atoms with Gasteiger partial charge in [-0.3, -0.25) is 7.05 Å². The molecule has 0 fully saturated rings. The van der Waals surface area contributed by atoms with Crippen molar-refractivity contribution in [3.05, 3.63) is 7.05 Å². The minimum Gasteiger partial charge on any atom is -0.425 e. The number of hydrogen-bond acceptors (Lipinski definition) is 0. The van der Waals surface area contributed by atoms with Crippen molar-refractivity contribution in [3.63, 3.8) is 0 Å². The lowest BCUT2D eigenvalue weighted by Crippen LogP contribution is -1.86. The van der Waals surface area contributed by atoms with E-state index in [1.54, 1.807) is 0 Å². The van der Waals surface area contributed by atoms with E-state index in [4.69, 9.17) is 0 Å². The van der Waals surface area contributed by atoms with Crippen molar-refractivity contribution < 1.29 is 0 Å². The van der Waals surface area contributed by atoms with Crippen molar-refractivity contribution in [2.24, 2.45) is 0 Å². The molecule has 0 aromatic carbocycles. The Balaban J connectivity index is 1.97. The van der Waals surface area contributed by atoms with Crippen LogP contribution in [0.1, 0.15) is 6.92 Å². The minimum atomic E-state index is 0.833. The average molecular weight is 57.1 g/mol. The standard InChI is InChI=1S/C3H7N/c1-3-4-2/h2-3H2,1H3/q-1. The highest BCUT2D eigenvalue weighted by atomic mass is 14.8. The van der Waals surface area contributed by atoms with Gasteiger partial charge in [-0.15, -0.1) is 0 Å². The molecule has 25 valence electrons. The zero-order chi connectivity index (χ0) is 3.41. The Morgan fingerprint density at radius 3 is 2.25 bits per heavy atom. The van der Waals surface area contributed by atoms with Crippen LogP contribution in [0.4, 0.5) is 0 Å². The highest BCUT2D eigenvalue weighted by molar-refractivity contribution is 4.24. The maximum Gasteiger partial charge on any atom is -0.0233 e. The van der Waals surface area contributed by atoms with Crippen molar-refractivity contribution in [3.8, 4) is 0 Å². The van der Waals surface area contributed by atoms with Crippen LogP contribution < -0.4 is 5.32 Å². The highest BCUT2D eigenvalue weighted by Crippen LogP contribution is 1.43. The molecule has 0 saturated heterocycles. The van der Waals surface area contributed by atoms with Gasteiger partial charge in [0.2, 0.25) is 0 Å². The summed E-state index contributed by atoms with van der Waals surface area (Å²) in [6.07, 6.45) is 0. The Bertz CT molecular complexity index is 5.25. The lowest BCUT2D eigenvalue weighted by atomic mass is 10.8. The van der Waals surface area contributed by atoms with Gasteiger partial charge in [0, 0.05) is 0 Å². The van der Waals surface area contributed by atoms with Gasteiger partial charge in [0.25, 0.3) is 0 Å². The highest BCUT2D eigenvalue weighted by Gasteiger charge is 1.44. The molecular formula is C3H7N-. The lowest BCUT2D eigenvalue weighted by molar-refractivity contribution is 0.898. The van der Waals surface area contributed by atoms with Crippen molar-refractivity contribution in [1.29, 1.82) is 0 Å². The van der Waals surface area contributed by atoms with Gasteiger partial charge < -0.3 is 5.32 Å². The third kappa shape index (κ3) is 1.96. The summed E-state index contributed by atoms with van der Waals surface area (Å²) in [5.74, 6) is 0. The molecule has 0 amide bonds. The molecule has 0 bridgehead atoms. The molecule has 0 rings (SSSR count). The fourth-order valence-corrected chi connectivity index (χ4v) is 0. The van der Waals surface area contributed by atoms with Gasteiger partial charge >= 0.3 is 0 Å². The Labute approximate surface area is 27.0 Å². The van der Waals surface area contributed by atoms with E-state index in [-0.39, 0.29) is 0 Å². The topological polar surface area (TPSA) is 14.1 Å². The molecule has 0 N–H and O–H groups in total. The van der Waals surface area contributed by atoms with Crippen molar-refractivity contribution in [1.82, 2.24) is 5.32 Å². The summed E-state index contributed by atoms with van der Waals surface area (Å²) in [5.41, 5.74) is 0. The summed E-state index contributed by atoms with van der Waals surface area (Å²) in [4.78, 5) is 0. The maximum absolute atomic E-state index is 3.49. The summed E-state index contributed by atoms with van der Waals surface area (Å²) < 4.78 is 0. The third-order valence-electron chi connectivity index (χ3n) is 0.224. The second-order valence-corrected chi connectivity index (χ2v) is 0.540. The van der Waals surface area contributed by atoms with E-state index in [0.717, 1.165) is 6.54 Å². The van der Waals surface area contributed by atoms with Crippen LogP contribution in [-0.2, 0) is 0 Å². The first-order valence-electron chi connectivity index (χ1n) is 1.34. The van der Waals surface area contributed by atoms with Crippen LogP contribution in [0.5, 0.6) is 0 Å². The summed E-state index contributed by atoms with van der Waals surface area (Å²) in [7, 11) is 3.23. The fraction of sp³-hybridized carbons (Fsp3) is 0.667. The normalized spacial score (nSPS) is 7.50. The first kappa shape index (κ1) is 3.96. The van der Waals surface area contributed by atoms with Gasteiger partial charge in [0.15, 0.2) is 0 Å². The number of nitrogens with zero attached hydrogens (tertiary/aromatic N) is 1. The van der Waals surface area contributed by atoms with Crippen molar-refractivity contribution in [2.45, 2.75) is 6.92 Å². The van der Waals surface area contributed by atoms with E-state index >= 15 is 0 Å².